The first-order valence-corrected chi connectivity index (χ1v) is 8.32. The second-order valence-electron chi connectivity index (χ2n) is 6.37. The summed E-state index contributed by atoms with van der Waals surface area (Å²) < 4.78 is 0. The van der Waals surface area contributed by atoms with Gasteiger partial charge in [0.25, 0.3) is 5.91 Å². The van der Waals surface area contributed by atoms with Gasteiger partial charge < -0.3 is 20.6 Å². The zero-order chi connectivity index (χ0) is 18.7. The van der Waals surface area contributed by atoms with Crippen molar-refractivity contribution in [1.82, 2.24) is 15.2 Å². The zero-order valence-electron chi connectivity index (χ0n) is 14.9. The Morgan fingerprint density at radius 1 is 1.27 bits per heavy atom. The number of phenols is 1. The largest absolute Gasteiger partial charge is 0.505 e. The number of aromatic nitrogens is 1. The maximum Gasteiger partial charge on any atom is 0.257 e. The molecule has 1 aliphatic carbocycles. The lowest BCUT2D eigenvalue weighted by atomic mass is 9.94. The molecule has 6 nitrogen and oxygen atoms in total. The van der Waals surface area contributed by atoms with Gasteiger partial charge in [-0.05, 0) is 35.4 Å². The number of amides is 1. The summed E-state index contributed by atoms with van der Waals surface area (Å²) in [5, 5.41) is 17.1. The molecule has 134 valence electrons. The molecule has 1 aliphatic rings. The van der Waals surface area contributed by atoms with Crippen LogP contribution in [0.2, 0.25) is 0 Å². The number of hydrogen-bond donors (Lipinski definition) is 3. The molecular weight excluding hydrogens is 328 g/mol. The number of pyridine rings is 1. The number of anilines is 1. The highest BCUT2D eigenvalue weighted by molar-refractivity contribution is 5.98. The minimum atomic E-state index is -0.247. The standard InChI is InChI=1S/C20H22N4O2/c1-13-11-17(22-12-14-7-9-21-10-8-14)18(13)23-16-6-4-5-15(19(16)25)20(26)24(2)3/h4-10,22-23,25H,1,11-12H2,2-3H3. The lowest BCUT2D eigenvalue weighted by Gasteiger charge is -2.29. The van der Waals surface area contributed by atoms with E-state index in [4.69, 9.17) is 0 Å². The van der Waals surface area contributed by atoms with Gasteiger partial charge >= 0.3 is 0 Å². The minimum absolute atomic E-state index is 0.0631. The highest BCUT2D eigenvalue weighted by Gasteiger charge is 2.24. The number of carbonyl (C=O) groups excluding carboxylic acids is 1. The van der Waals surface area contributed by atoms with E-state index in [0.29, 0.717) is 12.2 Å². The first-order valence-electron chi connectivity index (χ1n) is 8.32. The number of benzene rings is 1. The molecule has 1 aromatic heterocycles. The summed E-state index contributed by atoms with van der Waals surface area (Å²) in [4.78, 5) is 17.6. The number of para-hydroxylation sites is 1. The van der Waals surface area contributed by atoms with Crippen LogP contribution in [-0.4, -0.2) is 35.0 Å². The van der Waals surface area contributed by atoms with E-state index >= 15 is 0 Å². The quantitative estimate of drug-likeness (QED) is 0.699. The van der Waals surface area contributed by atoms with E-state index in [1.165, 1.54) is 4.90 Å². The van der Waals surface area contributed by atoms with Crippen molar-refractivity contribution in [3.63, 3.8) is 0 Å². The summed E-state index contributed by atoms with van der Waals surface area (Å²) in [6.45, 7) is 4.71. The smallest absolute Gasteiger partial charge is 0.257 e. The summed E-state index contributed by atoms with van der Waals surface area (Å²) in [6, 6.07) is 8.99. The number of carbonyl (C=O) groups is 1. The molecule has 2 aromatic rings. The van der Waals surface area contributed by atoms with Crippen molar-refractivity contribution in [2.24, 2.45) is 0 Å². The third-order valence-electron chi connectivity index (χ3n) is 4.23. The van der Waals surface area contributed by atoms with Gasteiger partial charge in [-0.3, -0.25) is 9.78 Å². The number of nitrogens with zero attached hydrogens (tertiary/aromatic N) is 2. The van der Waals surface area contributed by atoms with Gasteiger partial charge in [0.1, 0.15) is 0 Å². The van der Waals surface area contributed by atoms with Crippen molar-refractivity contribution < 1.29 is 9.90 Å². The summed E-state index contributed by atoms with van der Waals surface area (Å²) in [5.74, 6) is -0.310. The van der Waals surface area contributed by atoms with E-state index < -0.39 is 0 Å². The van der Waals surface area contributed by atoms with Crippen molar-refractivity contribution in [3.8, 4) is 5.75 Å². The molecule has 0 fully saturated rings. The molecule has 0 unspecified atom stereocenters. The predicted octanol–water partition coefficient (Wildman–Crippen LogP) is 2.86. The fourth-order valence-corrected chi connectivity index (χ4v) is 2.71. The Labute approximate surface area is 152 Å². The Hall–Kier alpha value is -3.28. The van der Waals surface area contributed by atoms with Crippen LogP contribution in [0.5, 0.6) is 5.75 Å². The van der Waals surface area contributed by atoms with Gasteiger partial charge in [-0.15, -0.1) is 0 Å². The Bertz CT molecular complexity index is 873. The number of phenolic OH excluding ortho intramolecular Hbond substituents is 1. The topological polar surface area (TPSA) is 77.5 Å². The molecular formula is C20H22N4O2. The normalized spacial score (nSPS) is 13.2. The van der Waals surface area contributed by atoms with Gasteiger partial charge in [0.05, 0.1) is 16.9 Å². The molecule has 0 aliphatic heterocycles. The average molecular weight is 350 g/mol. The van der Waals surface area contributed by atoms with Crippen LogP contribution in [0.25, 0.3) is 0 Å². The number of aromatic hydroxyl groups is 1. The average Bonchev–Trinajstić information content (AvgIpc) is 2.64. The SMILES string of the molecule is C=C1CC(NCc2ccncc2)=C1Nc1cccc(C(=O)N(C)C)c1O. The third kappa shape index (κ3) is 3.54. The molecule has 3 rings (SSSR count). The highest BCUT2D eigenvalue weighted by Crippen LogP contribution is 2.36. The van der Waals surface area contributed by atoms with E-state index in [-0.39, 0.29) is 17.2 Å². The highest BCUT2D eigenvalue weighted by atomic mass is 16.3. The lowest BCUT2D eigenvalue weighted by molar-refractivity contribution is 0.0824. The minimum Gasteiger partial charge on any atom is -0.505 e. The first-order chi connectivity index (χ1) is 12.5. The lowest BCUT2D eigenvalue weighted by Crippen LogP contribution is -2.26. The Kier molecular flexibility index (Phi) is 4.93. The van der Waals surface area contributed by atoms with E-state index in [1.54, 1.807) is 44.7 Å². The first kappa shape index (κ1) is 17.5. The summed E-state index contributed by atoms with van der Waals surface area (Å²) in [5.41, 5.74) is 4.70. The van der Waals surface area contributed by atoms with Crippen molar-refractivity contribution in [2.45, 2.75) is 13.0 Å². The maximum absolute atomic E-state index is 12.2. The van der Waals surface area contributed by atoms with E-state index in [1.807, 2.05) is 12.1 Å². The number of rotatable bonds is 6. The molecule has 0 bridgehead atoms. The molecule has 0 spiro atoms. The van der Waals surface area contributed by atoms with Crippen LogP contribution < -0.4 is 10.6 Å². The molecule has 1 heterocycles. The number of nitrogens with one attached hydrogen (secondary N) is 2. The fourth-order valence-electron chi connectivity index (χ4n) is 2.71. The van der Waals surface area contributed by atoms with Gasteiger partial charge in [0.2, 0.25) is 0 Å². The van der Waals surface area contributed by atoms with Crippen LogP contribution in [0.1, 0.15) is 22.3 Å². The second-order valence-corrected chi connectivity index (χ2v) is 6.37. The Balaban J connectivity index is 1.78. The fraction of sp³-hybridized carbons (Fsp3) is 0.200. The molecule has 0 radical (unpaired) electrons. The zero-order valence-corrected chi connectivity index (χ0v) is 14.9. The Morgan fingerprint density at radius 2 is 2.00 bits per heavy atom. The second kappa shape index (κ2) is 7.31. The van der Waals surface area contributed by atoms with Crippen molar-refractivity contribution in [3.05, 3.63) is 77.4 Å². The van der Waals surface area contributed by atoms with Crippen LogP contribution in [-0.2, 0) is 6.54 Å². The molecule has 26 heavy (non-hydrogen) atoms. The van der Waals surface area contributed by atoms with Crippen molar-refractivity contribution >= 4 is 11.6 Å². The summed E-state index contributed by atoms with van der Waals surface area (Å²) in [7, 11) is 3.30. The van der Waals surface area contributed by atoms with Gasteiger partial charge in [-0.2, -0.15) is 0 Å². The number of hydrogen-bond acceptors (Lipinski definition) is 5. The van der Waals surface area contributed by atoms with E-state index in [0.717, 1.165) is 29.0 Å². The van der Waals surface area contributed by atoms with Gasteiger partial charge in [0, 0.05) is 45.2 Å². The molecule has 6 heteroatoms. The molecule has 1 amide bonds. The van der Waals surface area contributed by atoms with Crippen LogP contribution in [0.15, 0.2) is 66.3 Å². The molecule has 0 saturated heterocycles. The molecule has 0 saturated carbocycles. The van der Waals surface area contributed by atoms with E-state index in [9.17, 15) is 9.90 Å². The van der Waals surface area contributed by atoms with Crippen LogP contribution in [0, 0.1) is 0 Å². The Morgan fingerprint density at radius 3 is 2.65 bits per heavy atom. The van der Waals surface area contributed by atoms with E-state index in [2.05, 4.69) is 22.2 Å². The molecule has 3 N–H and O–H groups in total. The summed E-state index contributed by atoms with van der Waals surface area (Å²) in [6.07, 6.45) is 4.27. The predicted molar refractivity (Wildman–Crippen MR) is 102 cm³/mol. The van der Waals surface area contributed by atoms with Gasteiger partial charge in [0.15, 0.2) is 5.75 Å². The van der Waals surface area contributed by atoms with Crippen molar-refractivity contribution in [1.29, 1.82) is 0 Å². The van der Waals surface area contributed by atoms with Crippen LogP contribution >= 0.6 is 0 Å². The number of allylic oxidation sites excluding steroid dienone is 2. The van der Waals surface area contributed by atoms with Gasteiger partial charge in [-0.1, -0.05) is 12.6 Å². The maximum atomic E-state index is 12.2. The van der Waals surface area contributed by atoms with Crippen molar-refractivity contribution in [2.75, 3.05) is 19.4 Å². The van der Waals surface area contributed by atoms with Crippen LogP contribution in [0.4, 0.5) is 5.69 Å². The summed E-state index contributed by atoms with van der Waals surface area (Å²) >= 11 is 0. The molecule has 0 atom stereocenters. The molecule has 1 aromatic carbocycles. The third-order valence-corrected chi connectivity index (χ3v) is 4.23. The van der Waals surface area contributed by atoms with Crippen LogP contribution in [0.3, 0.4) is 0 Å². The monoisotopic (exact) mass is 350 g/mol. The van der Waals surface area contributed by atoms with Gasteiger partial charge in [-0.25, -0.2) is 0 Å².